The SMILES string of the molecule is O=C(CSc1nnc(C2CC2)n1-c1ccccc1)NCCC(c1ccccc1)c1ccccc1. The first-order valence-electron chi connectivity index (χ1n) is 11.8. The second-order valence-corrected chi connectivity index (χ2v) is 9.53. The van der Waals surface area contributed by atoms with E-state index >= 15 is 0 Å². The zero-order chi connectivity index (χ0) is 23.2. The largest absolute Gasteiger partial charge is 0.355 e. The van der Waals surface area contributed by atoms with Crippen molar-refractivity contribution < 1.29 is 4.79 Å². The summed E-state index contributed by atoms with van der Waals surface area (Å²) in [5.74, 6) is 2.06. The van der Waals surface area contributed by atoms with Gasteiger partial charge in [0.2, 0.25) is 5.91 Å². The monoisotopic (exact) mass is 468 g/mol. The second kappa shape index (κ2) is 10.7. The molecular formula is C28H28N4OS. The van der Waals surface area contributed by atoms with Crippen LogP contribution in [-0.4, -0.2) is 33.0 Å². The Morgan fingerprint density at radius 3 is 2.06 bits per heavy atom. The van der Waals surface area contributed by atoms with Crippen molar-refractivity contribution in [3.8, 4) is 5.69 Å². The van der Waals surface area contributed by atoms with Gasteiger partial charge in [0.1, 0.15) is 5.82 Å². The van der Waals surface area contributed by atoms with Crippen LogP contribution in [0.2, 0.25) is 0 Å². The maximum Gasteiger partial charge on any atom is 0.230 e. The molecule has 1 amide bonds. The maximum absolute atomic E-state index is 12.7. The number of carbonyl (C=O) groups excluding carboxylic acids is 1. The van der Waals surface area contributed by atoms with Crippen molar-refractivity contribution >= 4 is 17.7 Å². The van der Waals surface area contributed by atoms with E-state index in [1.165, 1.54) is 22.9 Å². The van der Waals surface area contributed by atoms with Crippen LogP contribution < -0.4 is 5.32 Å². The van der Waals surface area contributed by atoms with E-state index in [1.54, 1.807) is 0 Å². The molecule has 6 heteroatoms. The van der Waals surface area contributed by atoms with Gasteiger partial charge in [0.05, 0.1) is 5.75 Å². The molecule has 0 spiro atoms. The number of amides is 1. The minimum absolute atomic E-state index is 0.0143. The summed E-state index contributed by atoms with van der Waals surface area (Å²) in [6, 6.07) is 31.1. The fourth-order valence-corrected chi connectivity index (χ4v) is 5.02. The van der Waals surface area contributed by atoms with Gasteiger partial charge in [-0.25, -0.2) is 0 Å². The number of carbonyl (C=O) groups is 1. The van der Waals surface area contributed by atoms with Gasteiger partial charge >= 0.3 is 0 Å². The van der Waals surface area contributed by atoms with Gasteiger partial charge in [-0.15, -0.1) is 10.2 Å². The molecule has 5 rings (SSSR count). The molecule has 5 nitrogen and oxygen atoms in total. The standard InChI is InChI=1S/C28H28N4OS/c33-26(29-19-18-25(21-10-4-1-5-11-21)22-12-6-2-7-13-22)20-34-28-31-30-27(23-16-17-23)32(28)24-14-8-3-9-15-24/h1-15,23,25H,16-20H2,(H,29,33). The summed E-state index contributed by atoms with van der Waals surface area (Å²) in [6.07, 6.45) is 3.15. The van der Waals surface area contributed by atoms with Gasteiger partial charge < -0.3 is 5.32 Å². The third kappa shape index (κ3) is 5.39. The number of benzene rings is 3. The molecule has 1 N–H and O–H groups in total. The number of nitrogens with zero attached hydrogens (tertiary/aromatic N) is 3. The summed E-state index contributed by atoms with van der Waals surface area (Å²) < 4.78 is 2.11. The van der Waals surface area contributed by atoms with E-state index < -0.39 is 0 Å². The van der Waals surface area contributed by atoms with Crippen molar-refractivity contribution in [3.05, 3.63) is 108 Å². The average Bonchev–Trinajstić information content (AvgIpc) is 3.66. The molecule has 1 aliphatic rings. The van der Waals surface area contributed by atoms with Crippen LogP contribution in [0.1, 0.15) is 48.0 Å². The normalized spacial score (nSPS) is 13.2. The lowest BCUT2D eigenvalue weighted by molar-refractivity contribution is -0.118. The number of rotatable bonds is 10. The van der Waals surface area contributed by atoms with Crippen LogP contribution in [0.5, 0.6) is 0 Å². The molecule has 0 unspecified atom stereocenters. The summed E-state index contributed by atoms with van der Waals surface area (Å²) >= 11 is 1.44. The van der Waals surface area contributed by atoms with Crippen LogP contribution in [0.3, 0.4) is 0 Å². The number of aromatic nitrogens is 3. The molecule has 172 valence electrons. The smallest absolute Gasteiger partial charge is 0.230 e. The Labute approximate surface area is 204 Å². The zero-order valence-corrected chi connectivity index (χ0v) is 19.8. The first-order valence-corrected chi connectivity index (χ1v) is 12.8. The highest BCUT2D eigenvalue weighted by Gasteiger charge is 2.31. The van der Waals surface area contributed by atoms with E-state index in [9.17, 15) is 4.79 Å². The van der Waals surface area contributed by atoms with Gasteiger partial charge in [0, 0.05) is 24.1 Å². The van der Waals surface area contributed by atoms with Crippen LogP contribution in [0.4, 0.5) is 0 Å². The lowest BCUT2D eigenvalue weighted by Crippen LogP contribution is -2.27. The van der Waals surface area contributed by atoms with Crippen molar-refractivity contribution in [1.82, 2.24) is 20.1 Å². The summed E-state index contributed by atoms with van der Waals surface area (Å²) in [6.45, 7) is 0.618. The third-order valence-electron chi connectivity index (χ3n) is 6.11. The Balaban J connectivity index is 1.20. The molecule has 0 bridgehead atoms. The highest BCUT2D eigenvalue weighted by molar-refractivity contribution is 7.99. The fourth-order valence-electron chi connectivity index (χ4n) is 4.23. The number of hydrogen-bond acceptors (Lipinski definition) is 4. The number of hydrogen-bond donors (Lipinski definition) is 1. The molecule has 0 saturated heterocycles. The highest BCUT2D eigenvalue weighted by Crippen LogP contribution is 2.41. The van der Waals surface area contributed by atoms with Crippen molar-refractivity contribution in [1.29, 1.82) is 0 Å². The molecule has 0 atom stereocenters. The molecular weight excluding hydrogens is 440 g/mol. The van der Waals surface area contributed by atoms with Crippen LogP contribution in [0, 0.1) is 0 Å². The fraction of sp³-hybridized carbons (Fsp3) is 0.250. The Kier molecular flexibility index (Phi) is 7.05. The molecule has 1 saturated carbocycles. The maximum atomic E-state index is 12.7. The number of nitrogens with one attached hydrogen (secondary N) is 1. The molecule has 1 heterocycles. The molecule has 1 aliphatic carbocycles. The lowest BCUT2D eigenvalue weighted by atomic mass is 9.88. The first-order chi connectivity index (χ1) is 16.8. The van der Waals surface area contributed by atoms with Gasteiger partial charge in [-0.3, -0.25) is 9.36 Å². The number of para-hydroxylation sites is 1. The van der Waals surface area contributed by atoms with Gasteiger partial charge in [-0.1, -0.05) is 90.6 Å². The minimum atomic E-state index is 0.0143. The summed E-state index contributed by atoms with van der Waals surface area (Å²) in [7, 11) is 0. The van der Waals surface area contributed by atoms with Crippen molar-refractivity contribution in [3.63, 3.8) is 0 Å². The molecule has 3 aromatic carbocycles. The average molecular weight is 469 g/mol. The summed E-state index contributed by atoms with van der Waals surface area (Å²) in [5, 5.41) is 12.7. The zero-order valence-electron chi connectivity index (χ0n) is 19.0. The summed E-state index contributed by atoms with van der Waals surface area (Å²) in [4.78, 5) is 12.7. The van der Waals surface area contributed by atoms with Crippen LogP contribution in [-0.2, 0) is 4.79 Å². The first kappa shape index (κ1) is 22.4. The van der Waals surface area contributed by atoms with E-state index in [4.69, 9.17) is 0 Å². The second-order valence-electron chi connectivity index (χ2n) is 8.59. The van der Waals surface area contributed by atoms with Gasteiger partial charge in [-0.2, -0.15) is 0 Å². The van der Waals surface area contributed by atoms with Crippen LogP contribution >= 0.6 is 11.8 Å². The minimum Gasteiger partial charge on any atom is -0.355 e. The van der Waals surface area contributed by atoms with E-state index in [0.29, 0.717) is 18.2 Å². The molecule has 34 heavy (non-hydrogen) atoms. The number of thioether (sulfide) groups is 1. The molecule has 1 fully saturated rings. The van der Waals surface area contributed by atoms with E-state index in [-0.39, 0.29) is 11.8 Å². The van der Waals surface area contributed by atoms with E-state index in [1.807, 2.05) is 30.3 Å². The highest BCUT2D eigenvalue weighted by atomic mass is 32.2. The quantitative estimate of drug-likeness (QED) is 0.309. The molecule has 1 aromatic heterocycles. The third-order valence-corrected chi connectivity index (χ3v) is 7.04. The van der Waals surface area contributed by atoms with Gasteiger partial charge in [0.25, 0.3) is 0 Å². The van der Waals surface area contributed by atoms with Gasteiger partial charge in [0.15, 0.2) is 5.16 Å². The molecule has 0 aliphatic heterocycles. The van der Waals surface area contributed by atoms with Crippen molar-refractivity contribution in [2.75, 3.05) is 12.3 Å². The van der Waals surface area contributed by atoms with Crippen LogP contribution in [0.25, 0.3) is 5.69 Å². The Morgan fingerprint density at radius 1 is 0.882 bits per heavy atom. The van der Waals surface area contributed by atoms with Crippen LogP contribution in [0.15, 0.2) is 96.2 Å². The van der Waals surface area contributed by atoms with E-state index in [2.05, 4.69) is 80.7 Å². The van der Waals surface area contributed by atoms with Crippen molar-refractivity contribution in [2.45, 2.75) is 36.3 Å². The lowest BCUT2D eigenvalue weighted by Gasteiger charge is -2.18. The Bertz CT molecular complexity index is 1170. The van der Waals surface area contributed by atoms with Crippen molar-refractivity contribution in [2.24, 2.45) is 0 Å². The summed E-state index contributed by atoms with van der Waals surface area (Å²) in [5.41, 5.74) is 3.58. The topological polar surface area (TPSA) is 59.8 Å². The molecule has 0 radical (unpaired) electrons. The Hall–Kier alpha value is -3.38. The predicted molar refractivity (Wildman–Crippen MR) is 136 cm³/mol. The molecule has 4 aromatic rings. The van der Waals surface area contributed by atoms with E-state index in [0.717, 1.165) is 35.9 Å². The predicted octanol–water partition coefficient (Wildman–Crippen LogP) is 5.58. The Morgan fingerprint density at radius 2 is 1.47 bits per heavy atom. The van der Waals surface area contributed by atoms with Gasteiger partial charge in [-0.05, 0) is 42.5 Å².